The van der Waals surface area contributed by atoms with Crippen molar-refractivity contribution in [3.8, 4) is 11.5 Å². The Morgan fingerprint density at radius 1 is 1.08 bits per heavy atom. The fourth-order valence-corrected chi connectivity index (χ4v) is 2.25. The van der Waals surface area contributed by atoms with Crippen molar-refractivity contribution in [3.05, 3.63) is 88.5 Å². The second-order valence-electron chi connectivity index (χ2n) is 5.43. The number of hydrogen-bond donors (Lipinski definition) is 1. The van der Waals surface area contributed by atoms with Crippen LogP contribution in [-0.4, -0.2) is 13.0 Å². The van der Waals surface area contributed by atoms with Gasteiger partial charge < -0.3 is 19.2 Å². The van der Waals surface area contributed by atoms with E-state index in [9.17, 15) is 9.59 Å². The Morgan fingerprint density at radius 3 is 2.62 bits per heavy atom. The van der Waals surface area contributed by atoms with Gasteiger partial charge in [-0.2, -0.15) is 0 Å². The molecule has 0 saturated heterocycles. The molecule has 0 aliphatic rings. The third-order valence-corrected chi connectivity index (χ3v) is 3.59. The molecule has 0 unspecified atom stereocenters. The molecule has 1 N–H and O–H groups in total. The first kappa shape index (κ1) is 17.3. The Labute approximate surface area is 150 Å². The maximum absolute atomic E-state index is 12.2. The maximum atomic E-state index is 12.2. The van der Waals surface area contributed by atoms with E-state index in [-0.39, 0.29) is 18.1 Å². The first-order valence-electron chi connectivity index (χ1n) is 7.90. The molecule has 0 radical (unpaired) electrons. The summed E-state index contributed by atoms with van der Waals surface area (Å²) in [6.45, 7) is 0.237. The summed E-state index contributed by atoms with van der Waals surface area (Å²) in [5.74, 6) is 0.00976. The normalized spacial score (nSPS) is 10.2. The van der Waals surface area contributed by atoms with Crippen molar-refractivity contribution < 1.29 is 18.7 Å². The number of ether oxygens (including phenoxy) is 2. The topological polar surface area (TPSA) is 77.8 Å². The number of carbonyl (C=O) groups excluding carboxylic acids is 1. The third kappa shape index (κ3) is 4.30. The number of methoxy groups -OCH3 is 1. The van der Waals surface area contributed by atoms with Crippen molar-refractivity contribution in [2.24, 2.45) is 0 Å². The number of nitrogens with one attached hydrogen (secondary N) is 1. The molecule has 6 heteroatoms. The van der Waals surface area contributed by atoms with Gasteiger partial charge in [-0.25, -0.2) is 0 Å². The van der Waals surface area contributed by atoms with E-state index in [0.29, 0.717) is 11.4 Å². The van der Waals surface area contributed by atoms with E-state index >= 15 is 0 Å². The van der Waals surface area contributed by atoms with E-state index < -0.39 is 11.3 Å². The largest absolute Gasteiger partial charge is 0.497 e. The quantitative estimate of drug-likeness (QED) is 0.736. The Morgan fingerprint density at radius 2 is 1.88 bits per heavy atom. The fraction of sp³-hybridized carbons (Fsp3) is 0.100. The molecule has 3 rings (SSSR count). The summed E-state index contributed by atoms with van der Waals surface area (Å²) in [6.07, 6.45) is 1.14. The average molecular weight is 351 g/mol. The van der Waals surface area contributed by atoms with E-state index in [1.807, 2.05) is 30.3 Å². The summed E-state index contributed by atoms with van der Waals surface area (Å²) in [5.41, 5.74) is 1.02. The van der Waals surface area contributed by atoms with Gasteiger partial charge in [-0.3, -0.25) is 9.59 Å². The van der Waals surface area contributed by atoms with E-state index in [0.717, 1.165) is 17.9 Å². The zero-order chi connectivity index (χ0) is 18.4. The highest BCUT2D eigenvalue weighted by Gasteiger charge is 2.13. The number of benzene rings is 2. The van der Waals surface area contributed by atoms with Crippen LogP contribution in [0.5, 0.6) is 11.5 Å². The second kappa shape index (κ2) is 8.02. The molecule has 1 amide bonds. The lowest BCUT2D eigenvalue weighted by Crippen LogP contribution is -2.15. The SMILES string of the molecule is COc1cccc(NC(=O)c2cc(=O)c(OCc3ccccc3)co2)c1. The van der Waals surface area contributed by atoms with Crippen molar-refractivity contribution >= 4 is 11.6 Å². The molecular formula is C20H17NO5. The van der Waals surface area contributed by atoms with Crippen molar-refractivity contribution in [3.63, 3.8) is 0 Å². The zero-order valence-electron chi connectivity index (χ0n) is 14.1. The van der Waals surface area contributed by atoms with Crippen LogP contribution in [0.4, 0.5) is 5.69 Å². The average Bonchev–Trinajstić information content (AvgIpc) is 2.68. The monoisotopic (exact) mass is 351 g/mol. The Kier molecular flexibility index (Phi) is 5.34. The van der Waals surface area contributed by atoms with E-state index in [1.165, 1.54) is 7.11 Å². The minimum absolute atomic E-state index is 0.0479. The smallest absolute Gasteiger partial charge is 0.291 e. The van der Waals surface area contributed by atoms with Crippen LogP contribution in [-0.2, 0) is 6.61 Å². The summed E-state index contributed by atoms with van der Waals surface area (Å²) in [5, 5.41) is 2.65. The molecule has 0 atom stereocenters. The lowest BCUT2D eigenvalue weighted by atomic mass is 10.2. The van der Waals surface area contributed by atoms with Crippen LogP contribution in [0.3, 0.4) is 0 Å². The van der Waals surface area contributed by atoms with Crippen molar-refractivity contribution in [1.82, 2.24) is 0 Å². The summed E-state index contributed by atoms with van der Waals surface area (Å²) >= 11 is 0. The van der Waals surface area contributed by atoms with E-state index in [2.05, 4.69) is 5.32 Å². The molecule has 3 aromatic rings. The highest BCUT2D eigenvalue weighted by atomic mass is 16.5. The minimum Gasteiger partial charge on any atom is -0.497 e. The zero-order valence-corrected chi connectivity index (χ0v) is 14.1. The molecule has 1 aromatic heterocycles. The highest BCUT2D eigenvalue weighted by Crippen LogP contribution is 2.18. The second-order valence-corrected chi connectivity index (χ2v) is 5.43. The van der Waals surface area contributed by atoms with E-state index in [4.69, 9.17) is 13.9 Å². The van der Waals surface area contributed by atoms with Gasteiger partial charge in [-0.05, 0) is 17.7 Å². The molecule has 0 saturated carbocycles. The summed E-state index contributed by atoms with van der Waals surface area (Å²) in [4.78, 5) is 24.4. The van der Waals surface area contributed by atoms with Crippen LogP contribution >= 0.6 is 0 Å². The first-order chi connectivity index (χ1) is 12.7. The number of carbonyl (C=O) groups is 1. The van der Waals surface area contributed by atoms with Gasteiger partial charge in [0, 0.05) is 17.8 Å². The Bertz CT molecular complexity index is 950. The standard InChI is InChI=1S/C20H17NO5/c1-24-16-9-5-8-15(10-16)21-20(23)18-11-17(22)19(13-26-18)25-12-14-6-3-2-4-7-14/h2-11,13H,12H2,1H3,(H,21,23). The van der Waals surface area contributed by atoms with Crippen LogP contribution in [0.1, 0.15) is 16.1 Å². The summed E-state index contributed by atoms with van der Waals surface area (Å²) in [7, 11) is 1.54. The van der Waals surface area contributed by atoms with Gasteiger partial charge in [0.1, 0.15) is 18.6 Å². The number of anilines is 1. The van der Waals surface area contributed by atoms with Crippen LogP contribution in [0.2, 0.25) is 0 Å². The van der Waals surface area contributed by atoms with Gasteiger partial charge in [-0.15, -0.1) is 0 Å². The Balaban J connectivity index is 1.68. The predicted molar refractivity (Wildman–Crippen MR) is 96.7 cm³/mol. The van der Waals surface area contributed by atoms with E-state index in [1.54, 1.807) is 24.3 Å². The van der Waals surface area contributed by atoms with Gasteiger partial charge in [0.2, 0.25) is 11.2 Å². The van der Waals surface area contributed by atoms with Crippen molar-refractivity contribution in [2.45, 2.75) is 6.61 Å². The fourth-order valence-electron chi connectivity index (χ4n) is 2.25. The molecule has 0 aliphatic carbocycles. The lowest BCUT2D eigenvalue weighted by molar-refractivity contribution is 0.0993. The van der Waals surface area contributed by atoms with Crippen LogP contribution in [0, 0.1) is 0 Å². The molecular weight excluding hydrogens is 334 g/mol. The Hall–Kier alpha value is -3.54. The van der Waals surface area contributed by atoms with Gasteiger partial charge in [0.25, 0.3) is 5.91 Å². The molecule has 132 valence electrons. The molecule has 6 nitrogen and oxygen atoms in total. The minimum atomic E-state index is -0.537. The molecule has 1 heterocycles. The van der Waals surface area contributed by atoms with Gasteiger partial charge in [0.15, 0.2) is 5.76 Å². The van der Waals surface area contributed by atoms with Gasteiger partial charge >= 0.3 is 0 Å². The van der Waals surface area contributed by atoms with Crippen molar-refractivity contribution in [2.75, 3.05) is 12.4 Å². The number of rotatable bonds is 6. The van der Waals surface area contributed by atoms with Crippen LogP contribution < -0.4 is 20.2 Å². The summed E-state index contributed by atoms with van der Waals surface area (Å²) < 4.78 is 15.8. The third-order valence-electron chi connectivity index (χ3n) is 3.59. The molecule has 0 bridgehead atoms. The van der Waals surface area contributed by atoms with Crippen LogP contribution in [0.15, 0.2) is 76.1 Å². The number of amides is 1. The molecule has 0 spiro atoms. The first-order valence-corrected chi connectivity index (χ1v) is 7.90. The maximum Gasteiger partial charge on any atom is 0.291 e. The predicted octanol–water partition coefficient (Wildman–Crippen LogP) is 3.48. The highest BCUT2D eigenvalue weighted by molar-refractivity contribution is 6.02. The molecule has 0 fully saturated rings. The molecule has 0 aliphatic heterocycles. The van der Waals surface area contributed by atoms with Gasteiger partial charge in [0.05, 0.1) is 7.11 Å². The lowest BCUT2D eigenvalue weighted by Gasteiger charge is -2.08. The molecule has 26 heavy (non-hydrogen) atoms. The van der Waals surface area contributed by atoms with Crippen LogP contribution in [0.25, 0.3) is 0 Å². The van der Waals surface area contributed by atoms with Gasteiger partial charge in [-0.1, -0.05) is 36.4 Å². The molecule has 2 aromatic carbocycles. The summed E-state index contributed by atoms with van der Waals surface area (Å²) in [6, 6.07) is 17.4. The van der Waals surface area contributed by atoms with Crippen molar-refractivity contribution in [1.29, 1.82) is 0 Å². The number of hydrogen-bond acceptors (Lipinski definition) is 5.